The fraction of sp³-hybridized carbons (Fsp3) is 0.286. The summed E-state index contributed by atoms with van der Waals surface area (Å²) in [5.74, 6) is 0. The molecule has 0 saturated carbocycles. The maximum Gasteiger partial charge on any atom is 0.411 e. The highest BCUT2D eigenvalue weighted by molar-refractivity contribution is 5.88. The van der Waals surface area contributed by atoms with Gasteiger partial charge in [0.25, 0.3) is 0 Å². The highest BCUT2D eigenvalue weighted by Crippen LogP contribution is 2.35. The molecule has 2 aromatic carbocycles. The van der Waals surface area contributed by atoms with Crippen molar-refractivity contribution < 1.29 is 9.53 Å². The molecule has 6 heteroatoms. The molecule has 6 nitrogen and oxygen atoms in total. The number of likely N-dealkylation sites (N-methyl/N-ethyl adjacent to an activating group) is 1. The van der Waals surface area contributed by atoms with E-state index in [0.717, 1.165) is 56.0 Å². The Morgan fingerprint density at radius 2 is 1.68 bits per heavy atom. The molecule has 1 saturated heterocycles. The van der Waals surface area contributed by atoms with E-state index in [9.17, 15) is 4.79 Å². The first-order valence-corrected chi connectivity index (χ1v) is 11.7. The van der Waals surface area contributed by atoms with E-state index in [2.05, 4.69) is 63.3 Å². The van der Waals surface area contributed by atoms with Crippen molar-refractivity contribution >= 4 is 17.4 Å². The zero-order valence-corrected chi connectivity index (χ0v) is 19.8. The summed E-state index contributed by atoms with van der Waals surface area (Å²) in [7, 11) is 3.55. The van der Waals surface area contributed by atoms with E-state index in [0.29, 0.717) is 5.69 Å². The Labute approximate surface area is 200 Å². The topological polar surface area (TPSA) is 57.7 Å². The second-order valence-corrected chi connectivity index (χ2v) is 9.01. The number of piperazine rings is 1. The predicted molar refractivity (Wildman–Crippen MR) is 136 cm³/mol. The lowest BCUT2D eigenvalue weighted by Crippen LogP contribution is -2.43. The van der Waals surface area contributed by atoms with E-state index in [1.54, 1.807) is 0 Å². The Morgan fingerprint density at radius 1 is 0.971 bits per heavy atom. The highest BCUT2D eigenvalue weighted by atomic mass is 16.5. The van der Waals surface area contributed by atoms with Crippen LogP contribution in [0.1, 0.15) is 22.4 Å². The second kappa shape index (κ2) is 9.79. The van der Waals surface area contributed by atoms with Gasteiger partial charge in [0.15, 0.2) is 0 Å². The van der Waals surface area contributed by atoms with Crippen LogP contribution in [0.5, 0.6) is 0 Å². The lowest BCUT2D eigenvalue weighted by atomic mass is 9.97. The Kier molecular flexibility index (Phi) is 6.43. The van der Waals surface area contributed by atoms with Gasteiger partial charge in [-0.1, -0.05) is 42.5 Å². The van der Waals surface area contributed by atoms with Crippen LogP contribution in [0.15, 0.2) is 66.9 Å². The Hall–Kier alpha value is -3.48. The highest BCUT2D eigenvalue weighted by Gasteiger charge is 2.18. The minimum Gasteiger partial charge on any atom is -0.453 e. The minimum atomic E-state index is -0.471. The first-order chi connectivity index (χ1) is 16.6. The maximum absolute atomic E-state index is 11.4. The molecule has 3 aromatic rings. The van der Waals surface area contributed by atoms with Gasteiger partial charge in [0.1, 0.15) is 0 Å². The van der Waals surface area contributed by atoms with Crippen molar-refractivity contribution in [1.29, 1.82) is 0 Å². The molecule has 1 fully saturated rings. The fourth-order valence-electron chi connectivity index (χ4n) is 4.60. The Balaban J connectivity index is 1.31. The normalized spacial score (nSPS) is 16.1. The van der Waals surface area contributed by atoms with Crippen molar-refractivity contribution in [3.8, 4) is 11.1 Å². The average Bonchev–Trinajstić information content (AvgIpc) is 3.29. The maximum atomic E-state index is 11.4. The van der Waals surface area contributed by atoms with Crippen LogP contribution in [-0.4, -0.2) is 61.2 Å². The van der Waals surface area contributed by atoms with Crippen LogP contribution in [0.25, 0.3) is 16.7 Å². The summed E-state index contributed by atoms with van der Waals surface area (Å²) in [6.45, 7) is 5.53. The number of hydrogen-bond donors (Lipinski definition) is 1. The van der Waals surface area contributed by atoms with Gasteiger partial charge in [-0.15, -0.1) is 0 Å². The lowest BCUT2D eigenvalue weighted by Gasteiger charge is -2.32. The van der Waals surface area contributed by atoms with Gasteiger partial charge in [-0.05, 0) is 47.5 Å². The summed E-state index contributed by atoms with van der Waals surface area (Å²) >= 11 is 0. The summed E-state index contributed by atoms with van der Waals surface area (Å²) < 4.78 is 4.66. The fourth-order valence-corrected chi connectivity index (χ4v) is 4.60. The van der Waals surface area contributed by atoms with Crippen LogP contribution in [0, 0.1) is 0 Å². The molecule has 5 rings (SSSR count). The van der Waals surface area contributed by atoms with Crippen LogP contribution < -0.4 is 5.32 Å². The molecule has 34 heavy (non-hydrogen) atoms. The van der Waals surface area contributed by atoms with Crippen LogP contribution in [0.2, 0.25) is 0 Å². The van der Waals surface area contributed by atoms with Crippen molar-refractivity contribution in [1.82, 2.24) is 14.8 Å². The lowest BCUT2D eigenvalue weighted by molar-refractivity contribution is 0.148. The number of amides is 1. The zero-order chi connectivity index (χ0) is 23.5. The van der Waals surface area contributed by atoms with E-state index in [4.69, 9.17) is 4.98 Å². The largest absolute Gasteiger partial charge is 0.453 e. The summed E-state index contributed by atoms with van der Waals surface area (Å²) in [6, 6.07) is 19.0. The summed E-state index contributed by atoms with van der Waals surface area (Å²) in [6.07, 6.45) is 4.57. The summed E-state index contributed by atoms with van der Waals surface area (Å²) in [5, 5.41) is 2.69. The predicted octanol–water partition coefficient (Wildman–Crippen LogP) is 4.66. The average molecular weight is 455 g/mol. The SMILES string of the molecule is COC(=O)Nc1ccc(C2=CCc3ncc(-c4ccc(CN5CCN(C)CC5)cc4)cc32)cc1. The number of anilines is 1. The molecule has 2 heterocycles. The number of benzene rings is 2. The molecule has 0 bridgehead atoms. The summed E-state index contributed by atoms with van der Waals surface area (Å²) in [4.78, 5) is 21.1. The van der Waals surface area contributed by atoms with Gasteiger partial charge in [-0.3, -0.25) is 15.2 Å². The molecule has 0 atom stereocenters. The number of carbonyl (C=O) groups is 1. The Morgan fingerprint density at radius 3 is 2.38 bits per heavy atom. The number of allylic oxidation sites excluding steroid dienone is 1. The smallest absolute Gasteiger partial charge is 0.411 e. The van der Waals surface area contributed by atoms with E-state index < -0.39 is 6.09 Å². The first-order valence-electron chi connectivity index (χ1n) is 11.7. The first kappa shape index (κ1) is 22.3. The summed E-state index contributed by atoms with van der Waals surface area (Å²) in [5.41, 5.74) is 8.93. The van der Waals surface area contributed by atoms with Gasteiger partial charge in [0.05, 0.1) is 12.8 Å². The van der Waals surface area contributed by atoms with E-state index in [1.165, 1.54) is 29.4 Å². The number of ether oxygens (including phenoxy) is 1. The number of hydrogen-bond acceptors (Lipinski definition) is 5. The third-order valence-electron chi connectivity index (χ3n) is 6.68. The van der Waals surface area contributed by atoms with Crippen LogP contribution in [0.3, 0.4) is 0 Å². The molecule has 2 aliphatic rings. The molecule has 0 spiro atoms. The van der Waals surface area contributed by atoms with Crippen LogP contribution in [-0.2, 0) is 17.7 Å². The van der Waals surface area contributed by atoms with Gasteiger partial charge < -0.3 is 9.64 Å². The number of nitrogens with one attached hydrogen (secondary N) is 1. The van der Waals surface area contributed by atoms with Gasteiger partial charge >= 0.3 is 6.09 Å². The molecule has 0 unspecified atom stereocenters. The quantitative estimate of drug-likeness (QED) is 0.608. The van der Waals surface area contributed by atoms with Gasteiger partial charge in [0, 0.05) is 62.2 Å². The molecule has 174 valence electrons. The van der Waals surface area contributed by atoms with Gasteiger partial charge in [0.2, 0.25) is 0 Å². The number of fused-ring (bicyclic) bond motifs is 1. The number of aromatic nitrogens is 1. The molecule has 1 N–H and O–H groups in total. The molecular formula is C28H30N4O2. The van der Waals surface area contributed by atoms with Crippen LogP contribution in [0.4, 0.5) is 10.5 Å². The van der Waals surface area contributed by atoms with Gasteiger partial charge in [-0.2, -0.15) is 0 Å². The minimum absolute atomic E-state index is 0.471. The third-order valence-corrected chi connectivity index (χ3v) is 6.68. The standard InChI is InChI=1S/C28H30N4O2/c1-31-13-15-32(16-14-31)19-20-3-5-21(6-4-20)23-17-26-25(11-12-27(26)29-18-23)22-7-9-24(10-8-22)30-28(33)34-2/h3-11,17-18H,12-16,19H2,1-2H3,(H,30,33). The van der Waals surface area contributed by atoms with E-state index in [1.807, 2.05) is 30.5 Å². The van der Waals surface area contributed by atoms with Crippen molar-refractivity contribution in [2.75, 3.05) is 45.7 Å². The number of methoxy groups -OCH3 is 1. The number of nitrogens with zero attached hydrogens (tertiary/aromatic N) is 3. The molecule has 1 amide bonds. The monoisotopic (exact) mass is 454 g/mol. The van der Waals surface area contributed by atoms with Crippen molar-refractivity contribution in [3.05, 3.63) is 89.3 Å². The second-order valence-electron chi connectivity index (χ2n) is 9.01. The number of rotatable bonds is 5. The van der Waals surface area contributed by atoms with E-state index >= 15 is 0 Å². The van der Waals surface area contributed by atoms with Crippen molar-refractivity contribution in [3.63, 3.8) is 0 Å². The van der Waals surface area contributed by atoms with Crippen molar-refractivity contribution in [2.45, 2.75) is 13.0 Å². The zero-order valence-electron chi connectivity index (χ0n) is 19.8. The molecule has 1 aromatic heterocycles. The molecule has 0 radical (unpaired) electrons. The van der Waals surface area contributed by atoms with Crippen LogP contribution >= 0.6 is 0 Å². The number of pyridine rings is 1. The van der Waals surface area contributed by atoms with E-state index in [-0.39, 0.29) is 0 Å². The Bertz CT molecular complexity index is 1190. The number of carbonyl (C=O) groups excluding carboxylic acids is 1. The molecule has 1 aliphatic carbocycles. The van der Waals surface area contributed by atoms with Gasteiger partial charge in [-0.25, -0.2) is 4.79 Å². The third kappa shape index (κ3) is 4.88. The molecule has 1 aliphatic heterocycles. The van der Waals surface area contributed by atoms with Crippen molar-refractivity contribution in [2.24, 2.45) is 0 Å². The molecular weight excluding hydrogens is 424 g/mol.